The van der Waals surface area contributed by atoms with E-state index in [9.17, 15) is 4.39 Å². The molecule has 0 amide bonds. The van der Waals surface area contributed by atoms with Crippen LogP contribution >= 0.6 is 0 Å². The van der Waals surface area contributed by atoms with E-state index in [-0.39, 0.29) is 11.2 Å². The van der Waals surface area contributed by atoms with Crippen LogP contribution in [0.2, 0.25) is 0 Å². The molecule has 4 nitrogen and oxygen atoms in total. The van der Waals surface area contributed by atoms with Crippen LogP contribution in [-0.4, -0.2) is 13.2 Å². The van der Waals surface area contributed by atoms with Gasteiger partial charge in [-0.15, -0.1) is 0 Å². The largest absolute Gasteiger partial charge is 0.494 e. The maximum Gasteiger partial charge on any atom is 0.190 e. The van der Waals surface area contributed by atoms with Gasteiger partial charge in [-0.05, 0) is 54.4 Å². The Bertz CT molecular complexity index is 911. The van der Waals surface area contributed by atoms with Crippen molar-refractivity contribution in [2.45, 2.75) is 60.8 Å². The summed E-state index contributed by atoms with van der Waals surface area (Å²) in [6.45, 7) is 27.8. The lowest BCUT2D eigenvalue weighted by atomic mass is 9.91. The zero-order valence-electron chi connectivity index (χ0n) is 20.2. The fraction of sp³-hybridized carbons (Fsp3) is 0.481. The molecule has 0 saturated carbocycles. The molecule has 2 aromatic rings. The second-order valence-electron chi connectivity index (χ2n) is 10.0. The fourth-order valence-electron chi connectivity index (χ4n) is 2.55. The molecule has 0 aliphatic carbocycles. The highest BCUT2D eigenvalue weighted by Crippen LogP contribution is 2.25. The predicted octanol–water partition coefficient (Wildman–Crippen LogP) is 8.63. The van der Waals surface area contributed by atoms with Crippen LogP contribution in [0.25, 0.3) is 9.69 Å². The SMILES string of the molecule is [C-]#[N+]c1ccc(OCCC(C)(C)C)c(F)c1.[C-]#[N+]c1ccc(OCCCC(C)(C)C)cc1. The van der Waals surface area contributed by atoms with Crippen LogP contribution in [-0.2, 0) is 0 Å². The van der Waals surface area contributed by atoms with E-state index in [0.29, 0.717) is 23.4 Å². The third-order valence-corrected chi connectivity index (χ3v) is 4.46. The van der Waals surface area contributed by atoms with Gasteiger partial charge in [-0.1, -0.05) is 59.7 Å². The average Bonchev–Trinajstić information content (AvgIpc) is 2.72. The van der Waals surface area contributed by atoms with Crippen LogP contribution in [0.4, 0.5) is 15.8 Å². The number of benzene rings is 2. The summed E-state index contributed by atoms with van der Waals surface area (Å²) >= 11 is 0. The van der Waals surface area contributed by atoms with Crippen LogP contribution < -0.4 is 9.47 Å². The summed E-state index contributed by atoms with van der Waals surface area (Å²) in [5.74, 6) is 0.598. The standard InChI is InChI=1S/C14H19NO.C13H16FNO/c1-14(2,3)10-5-11-16-13-8-6-12(15-4)7-9-13;1-13(2,3)7-8-16-12-6-5-10(15-4)9-11(12)14/h6-9H,5,10-11H2,1-3H3;5-6,9H,7-8H2,1-3H3. The first kappa shape index (κ1) is 27.0. The van der Waals surface area contributed by atoms with Crippen molar-refractivity contribution in [2.75, 3.05) is 13.2 Å². The minimum Gasteiger partial charge on any atom is -0.494 e. The van der Waals surface area contributed by atoms with Gasteiger partial charge in [0.2, 0.25) is 0 Å². The summed E-state index contributed by atoms with van der Waals surface area (Å²) in [7, 11) is 0. The smallest absolute Gasteiger partial charge is 0.190 e. The number of halogens is 1. The van der Waals surface area contributed by atoms with E-state index in [2.05, 4.69) is 51.2 Å². The lowest BCUT2D eigenvalue weighted by Crippen LogP contribution is -2.11. The van der Waals surface area contributed by atoms with Gasteiger partial charge < -0.3 is 9.47 Å². The molecule has 2 aromatic carbocycles. The van der Waals surface area contributed by atoms with Crippen molar-refractivity contribution in [3.05, 3.63) is 71.1 Å². The molecule has 32 heavy (non-hydrogen) atoms. The van der Waals surface area contributed by atoms with Crippen molar-refractivity contribution in [3.63, 3.8) is 0 Å². The lowest BCUT2D eigenvalue weighted by molar-refractivity contribution is 0.235. The highest BCUT2D eigenvalue weighted by atomic mass is 19.1. The molecule has 0 N–H and O–H groups in total. The minimum absolute atomic E-state index is 0.174. The predicted molar refractivity (Wildman–Crippen MR) is 129 cm³/mol. The van der Waals surface area contributed by atoms with Gasteiger partial charge in [-0.25, -0.2) is 14.1 Å². The van der Waals surface area contributed by atoms with Gasteiger partial charge in [-0.2, -0.15) is 0 Å². The molecule has 2 rings (SSSR count). The summed E-state index contributed by atoms with van der Waals surface area (Å²) in [4.78, 5) is 6.48. The molecule has 0 spiro atoms. The van der Waals surface area contributed by atoms with Crippen molar-refractivity contribution in [1.82, 2.24) is 0 Å². The molecule has 0 bridgehead atoms. The molecular formula is C27H35FN2O2. The molecule has 0 unspecified atom stereocenters. The van der Waals surface area contributed by atoms with E-state index < -0.39 is 5.82 Å². The lowest BCUT2D eigenvalue weighted by Gasteiger charge is -2.18. The molecule has 0 atom stereocenters. The minimum atomic E-state index is -0.470. The number of hydrogen-bond acceptors (Lipinski definition) is 2. The second-order valence-corrected chi connectivity index (χ2v) is 10.0. The third-order valence-electron chi connectivity index (χ3n) is 4.46. The van der Waals surface area contributed by atoms with Crippen molar-refractivity contribution < 1.29 is 13.9 Å². The molecule has 0 heterocycles. The highest BCUT2D eigenvalue weighted by molar-refractivity contribution is 5.48. The Morgan fingerprint density at radius 3 is 1.81 bits per heavy atom. The second kappa shape index (κ2) is 12.7. The molecule has 172 valence electrons. The topological polar surface area (TPSA) is 27.2 Å². The molecular weight excluding hydrogens is 403 g/mol. The Morgan fingerprint density at radius 2 is 1.31 bits per heavy atom. The number of ether oxygens (including phenoxy) is 2. The zero-order chi connectivity index (χ0) is 24.2. The molecule has 5 heteroatoms. The van der Waals surface area contributed by atoms with Crippen molar-refractivity contribution >= 4 is 11.4 Å². The van der Waals surface area contributed by atoms with Gasteiger partial charge in [0.25, 0.3) is 0 Å². The summed E-state index contributed by atoms with van der Waals surface area (Å²) in [6, 6.07) is 11.5. The van der Waals surface area contributed by atoms with Gasteiger partial charge in [0.05, 0.1) is 26.4 Å². The Balaban J connectivity index is 0.000000320. The quantitative estimate of drug-likeness (QED) is 0.319. The molecule has 0 fully saturated rings. The third kappa shape index (κ3) is 12.0. The van der Waals surface area contributed by atoms with Crippen molar-refractivity contribution in [1.29, 1.82) is 0 Å². The van der Waals surface area contributed by atoms with Crippen LogP contribution in [0.1, 0.15) is 60.8 Å². The first-order valence-electron chi connectivity index (χ1n) is 10.8. The van der Waals surface area contributed by atoms with E-state index in [4.69, 9.17) is 22.6 Å². The monoisotopic (exact) mass is 438 g/mol. The Morgan fingerprint density at radius 1 is 0.750 bits per heavy atom. The van der Waals surface area contributed by atoms with Gasteiger partial charge >= 0.3 is 0 Å². The molecule has 0 saturated heterocycles. The van der Waals surface area contributed by atoms with Crippen LogP contribution in [0.3, 0.4) is 0 Å². The molecule has 0 aromatic heterocycles. The van der Waals surface area contributed by atoms with Gasteiger partial charge in [0, 0.05) is 0 Å². The summed E-state index contributed by atoms with van der Waals surface area (Å²) in [5, 5.41) is 0. The number of hydrogen-bond donors (Lipinski definition) is 0. The fourth-order valence-corrected chi connectivity index (χ4v) is 2.55. The Labute approximate surface area is 193 Å². The van der Waals surface area contributed by atoms with Crippen LogP contribution in [0.15, 0.2) is 42.5 Å². The van der Waals surface area contributed by atoms with Crippen molar-refractivity contribution in [3.8, 4) is 11.5 Å². The number of rotatable bonds is 7. The zero-order valence-corrected chi connectivity index (χ0v) is 20.2. The highest BCUT2D eigenvalue weighted by Gasteiger charge is 2.11. The maximum atomic E-state index is 13.4. The summed E-state index contributed by atoms with van der Waals surface area (Å²) in [5.41, 5.74) is 1.49. The average molecular weight is 439 g/mol. The van der Waals surface area contributed by atoms with E-state index in [0.717, 1.165) is 31.6 Å². The van der Waals surface area contributed by atoms with Gasteiger partial charge in [0.15, 0.2) is 22.9 Å². The van der Waals surface area contributed by atoms with Gasteiger partial charge in [0.1, 0.15) is 5.75 Å². The van der Waals surface area contributed by atoms with Crippen molar-refractivity contribution in [2.24, 2.45) is 10.8 Å². The van der Waals surface area contributed by atoms with E-state index in [1.54, 1.807) is 18.2 Å². The Kier molecular flexibility index (Phi) is 10.7. The van der Waals surface area contributed by atoms with E-state index >= 15 is 0 Å². The van der Waals surface area contributed by atoms with Crippen LogP contribution in [0.5, 0.6) is 11.5 Å². The molecule has 0 aliphatic heterocycles. The van der Waals surface area contributed by atoms with Gasteiger partial charge in [-0.3, -0.25) is 0 Å². The summed E-state index contributed by atoms with van der Waals surface area (Å²) < 4.78 is 24.3. The molecule has 0 radical (unpaired) electrons. The van der Waals surface area contributed by atoms with E-state index in [1.807, 2.05) is 12.1 Å². The Hall–Kier alpha value is -3.05. The number of nitrogens with zero attached hydrogens (tertiary/aromatic N) is 2. The maximum absolute atomic E-state index is 13.4. The first-order chi connectivity index (χ1) is 14.9. The first-order valence-corrected chi connectivity index (χ1v) is 10.8. The molecule has 0 aliphatic rings. The summed E-state index contributed by atoms with van der Waals surface area (Å²) in [6.07, 6.45) is 3.08. The normalized spacial score (nSPS) is 10.9. The van der Waals surface area contributed by atoms with E-state index in [1.165, 1.54) is 12.1 Å². The van der Waals surface area contributed by atoms with Crippen LogP contribution in [0, 0.1) is 29.8 Å².